The summed E-state index contributed by atoms with van der Waals surface area (Å²) in [7, 11) is 0. The fourth-order valence-electron chi connectivity index (χ4n) is 3.02. The number of hydrogen-bond donors (Lipinski definition) is 4. The maximum Gasteiger partial charge on any atom is 0.335 e. The Morgan fingerprint density at radius 1 is 1.38 bits per heavy atom. The molecule has 2 aliphatic rings. The summed E-state index contributed by atoms with van der Waals surface area (Å²) in [6.07, 6.45) is -7.97. The third kappa shape index (κ3) is 3.29. The summed E-state index contributed by atoms with van der Waals surface area (Å²) in [4.78, 5) is 28.5. The predicted molar refractivity (Wildman–Crippen MR) is 83.6 cm³/mol. The van der Waals surface area contributed by atoms with Crippen molar-refractivity contribution in [1.29, 1.82) is 0 Å². The Balaban J connectivity index is 1.83. The molecule has 4 N–H and O–H groups in total. The highest BCUT2D eigenvalue weighted by Crippen LogP contribution is 2.34. The number of likely N-dealkylation sites (tertiary alicyclic amines) is 1. The number of aliphatic hydroxyl groups excluding tert-OH is 3. The van der Waals surface area contributed by atoms with E-state index in [-0.39, 0.29) is 6.42 Å². The van der Waals surface area contributed by atoms with E-state index in [0.29, 0.717) is 10.5 Å². The smallest absolute Gasteiger partial charge is 0.335 e. The van der Waals surface area contributed by atoms with Crippen molar-refractivity contribution in [3.8, 4) is 0 Å². The summed E-state index contributed by atoms with van der Waals surface area (Å²) >= 11 is 0. The molecule has 2 saturated heterocycles. The van der Waals surface area contributed by atoms with Crippen molar-refractivity contribution in [3.63, 3.8) is 0 Å². The van der Waals surface area contributed by atoms with Crippen molar-refractivity contribution in [1.82, 2.24) is 9.88 Å². The van der Waals surface area contributed by atoms with Gasteiger partial charge < -0.3 is 34.8 Å². The van der Waals surface area contributed by atoms with Crippen molar-refractivity contribution in [2.24, 2.45) is 0 Å². The fraction of sp³-hybridized carbons (Fsp3) is 0.562. The average Bonchev–Trinajstić information content (AvgIpc) is 2.99. The number of carbonyl (C=O) groups is 2. The van der Waals surface area contributed by atoms with E-state index >= 15 is 0 Å². The van der Waals surface area contributed by atoms with E-state index in [4.69, 9.17) is 18.7 Å². The summed E-state index contributed by atoms with van der Waals surface area (Å²) in [5.41, 5.74) is 0.451. The Labute approximate surface area is 152 Å². The monoisotopic (exact) mass is 371 g/mol. The van der Waals surface area contributed by atoms with Gasteiger partial charge in [0.2, 0.25) is 0 Å². The van der Waals surface area contributed by atoms with E-state index in [9.17, 15) is 24.9 Å². The van der Waals surface area contributed by atoms with Gasteiger partial charge >= 0.3 is 5.97 Å². The molecule has 3 heterocycles. The van der Waals surface area contributed by atoms with Gasteiger partial charge in [0.1, 0.15) is 24.4 Å². The van der Waals surface area contributed by atoms with Crippen LogP contribution in [0, 0.1) is 0 Å². The molecular formula is C16H20N2O8. The minimum atomic E-state index is -2.79. The lowest BCUT2D eigenvalue weighted by Gasteiger charge is -2.39. The van der Waals surface area contributed by atoms with Crippen LogP contribution in [0.15, 0.2) is 24.5 Å². The number of likely N-dealkylation sites (N-methyl/N-ethyl adjacent to an activating group) is 1. The number of carbonyl (C=O) groups excluding carboxylic acids is 1. The quantitative estimate of drug-likeness (QED) is 0.484. The van der Waals surface area contributed by atoms with E-state index in [1.54, 1.807) is 12.1 Å². The standard InChI is InChI=1S/C16H20N2O8/c1-18-8(7-3-2-4-17-6-7)5-9(14(18)22)25-16-12(21)10(19)11(20)13(26-16)15(23)24/h2-4,6,8-13,16,19-21H,5H2,1H3,(H,23,24)/t8-,9-,10+,11-,12?,13?,16?/m0/s1/i1D3. The van der Waals surface area contributed by atoms with Crippen LogP contribution in [0.1, 0.15) is 22.1 Å². The second kappa shape index (κ2) is 7.25. The molecule has 1 aromatic heterocycles. The van der Waals surface area contributed by atoms with Gasteiger partial charge in [-0.15, -0.1) is 0 Å². The van der Waals surface area contributed by atoms with Crippen molar-refractivity contribution in [2.75, 3.05) is 6.98 Å². The third-order valence-electron chi connectivity index (χ3n) is 4.44. The molecule has 2 aliphatic heterocycles. The summed E-state index contributed by atoms with van der Waals surface area (Å²) in [6, 6.07) is 2.27. The van der Waals surface area contributed by atoms with Crippen LogP contribution in [0.2, 0.25) is 0 Å². The molecule has 0 aliphatic carbocycles. The van der Waals surface area contributed by atoms with Gasteiger partial charge in [-0.1, -0.05) is 6.07 Å². The largest absolute Gasteiger partial charge is 0.479 e. The van der Waals surface area contributed by atoms with Gasteiger partial charge in [0, 0.05) is 29.9 Å². The van der Waals surface area contributed by atoms with Gasteiger partial charge in [0.05, 0.1) is 6.04 Å². The number of amides is 1. The van der Waals surface area contributed by atoms with Gasteiger partial charge in [-0.25, -0.2) is 4.79 Å². The van der Waals surface area contributed by atoms with E-state index < -0.39 is 61.7 Å². The highest BCUT2D eigenvalue weighted by molar-refractivity contribution is 5.83. The Hall–Kier alpha value is -2.11. The molecule has 0 spiro atoms. The number of carboxylic acids is 1. The zero-order valence-electron chi connectivity index (χ0n) is 16.4. The topological polar surface area (TPSA) is 150 Å². The molecule has 7 atom stereocenters. The lowest BCUT2D eigenvalue weighted by atomic mass is 9.99. The summed E-state index contributed by atoms with van der Waals surface area (Å²) < 4.78 is 33.4. The van der Waals surface area contributed by atoms with E-state index in [1.165, 1.54) is 12.4 Å². The second-order valence-electron chi connectivity index (χ2n) is 6.11. The normalized spacial score (nSPS) is 40.0. The second-order valence-corrected chi connectivity index (χ2v) is 6.11. The fourth-order valence-corrected chi connectivity index (χ4v) is 3.02. The summed E-state index contributed by atoms with van der Waals surface area (Å²) in [6.45, 7) is -2.79. The van der Waals surface area contributed by atoms with Gasteiger partial charge in [-0.2, -0.15) is 0 Å². The Kier molecular flexibility index (Phi) is 4.18. The highest BCUT2D eigenvalue weighted by Gasteiger charge is 2.50. The highest BCUT2D eigenvalue weighted by atomic mass is 16.7. The number of aliphatic hydroxyl groups is 3. The number of carboxylic acid groups (broad SMARTS) is 1. The maximum absolute atomic E-state index is 12.7. The summed E-state index contributed by atoms with van der Waals surface area (Å²) in [5, 5.41) is 38.7. The molecular weight excluding hydrogens is 348 g/mol. The maximum atomic E-state index is 12.7. The van der Waals surface area contributed by atoms with Crippen LogP contribution in [0.25, 0.3) is 0 Å². The number of nitrogens with zero attached hydrogens (tertiary/aromatic N) is 2. The number of aliphatic carboxylic acids is 1. The minimum absolute atomic E-state index is 0.133. The molecule has 1 amide bonds. The number of hydrogen-bond acceptors (Lipinski definition) is 8. The van der Waals surface area contributed by atoms with E-state index in [0.717, 1.165) is 0 Å². The molecule has 26 heavy (non-hydrogen) atoms. The van der Waals surface area contributed by atoms with Gasteiger partial charge in [0.15, 0.2) is 12.4 Å². The van der Waals surface area contributed by atoms with Crippen LogP contribution in [0.5, 0.6) is 0 Å². The summed E-state index contributed by atoms with van der Waals surface area (Å²) in [5.74, 6) is -2.52. The predicted octanol–water partition coefficient (Wildman–Crippen LogP) is -1.74. The third-order valence-corrected chi connectivity index (χ3v) is 4.44. The number of aromatic nitrogens is 1. The van der Waals surface area contributed by atoms with Crippen molar-refractivity contribution in [2.45, 2.75) is 49.3 Å². The first-order valence-corrected chi connectivity index (χ1v) is 7.83. The molecule has 0 radical (unpaired) electrons. The molecule has 10 heteroatoms. The van der Waals surface area contributed by atoms with Crippen LogP contribution in [0.4, 0.5) is 0 Å². The first-order chi connectivity index (χ1) is 13.5. The van der Waals surface area contributed by atoms with Crippen LogP contribution in [0.3, 0.4) is 0 Å². The van der Waals surface area contributed by atoms with Gasteiger partial charge in [0.25, 0.3) is 5.91 Å². The lowest BCUT2D eigenvalue weighted by Crippen LogP contribution is -2.61. The average molecular weight is 371 g/mol. The Bertz CT molecular complexity index is 764. The Morgan fingerprint density at radius 2 is 2.15 bits per heavy atom. The minimum Gasteiger partial charge on any atom is -0.479 e. The van der Waals surface area contributed by atoms with Crippen molar-refractivity contribution >= 4 is 11.9 Å². The van der Waals surface area contributed by atoms with Gasteiger partial charge in [-0.3, -0.25) is 9.78 Å². The van der Waals surface area contributed by atoms with Crippen molar-refractivity contribution < 1.29 is 43.6 Å². The molecule has 0 saturated carbocycles. The van der Waals surface area contributed by atoms with Crippen LogP contribution < -0.4 is 0 Å². The zero-order valence-corrected chi connectivity index (χ0v) is 13.4. The van der Waals surface area contributed by atoms with Crippen molar-refractivity contribution in [3.05, 3.63) is 30.1 Å². The first kappa shape index (κ1) is 15.0. The zero-order chi connectivity index (χ0) is 21.5. The Morgan fingerprint density at radius 3 is 2.77 bits per heavy atom. The molecule has 2 fully saturated rings. The number of ether oxygens (including phenoxy) is 2. The molecule has 10 nitrogen and oxygen atoms in total. The van der Waals surface area contributed by atoms with E-state index in [2.05, 4.69) is 4.98 Å². The number of rotatable bonds is 4. The first-order valence-electron chi connectivity index (χ1n) is 9.33. The molecule has 0 bridgehead atoms. The van der Waals surface area contributed by atoms with Gasteiger partial charge in [-0.05, 0) is 11.6 Å². The molecule has 3 rings (SSSR count). The molecule has 142 valence electrons. The molecule has 3 unspecified atom stereocenters. The lowest BCUT2D eigenvalue weighted by molar-refractivity contribution is -0.301. The SMILES string of the molecule is [2H]C([2H])([2H])N1C(=O)[C@@H](OC2OC(C(=O)O)[C@@H](O)[C@@H](O)C2O)C[C@H]1c1cccnc1. The number of pyridine rings is 1. The van der Waals surface area contributed by atoms with E-state index in [1.807, 2.05) is 0 Å². The van der Waals surface area contributed by atoms with Crippen LogP contribution >= 0.6 is 0 Å². The molecule has 0 aromatic carbocycles. The van der Waals surface area contributed by atoms with Crippen LogP contribution in [-0.4, -0.2) is 86.0 Å². The molecule has 1 aromatic rings. The van der Waals surface area contributed by atoms with Crippen LogP contribution in [-0.2, 0) is 19.1 Å².